The fourth-order valence-electron chi connectivity index (χ4n) is 1.14. The summed E-state index contributed by atoms with van der Waals surface area (Å²) in [5.74, 6) is 0. The van der Waals surface area contributed by atoms with Crippen LogP contribution in [-0.4, -0.2) is 44.9 Å². The van der Waals surface area contributed by atoms with Crippen molar-refractivity contribution in [1.29, 1.82) is 0 Å². The molecule has 0 spiro atoms. The second kappa shape index (κ2) is 6.10. The quantitative estimate of drug-likeness (QED) is 0.820. The third-order valence-corrected chi connectivity index (χ3v) is 4.86. The molecule has 1 aromatic heterocycles. The first-order valence-electron chi connectivity index (χ1n) is 4.81. The van der Waals surface area contributed by atoms with Crippen LogP contribution < -0.4 is 5.32 Å². The Balaban J connectivity index is 3.08. The van der Waals surface area contributed by atoms with Gasteiger partial charge in [0.1, 0.15) is 10.0 Å². The highest BCUT2D eigenvalue weighted by molar-refractivity contribution is 9.10. The topological polar surface area (TPSA) is 62.3 Å². The van der Waals surface area contributed by atoms with Crippen molar-refractivity contribution in [3.05, 3.63) is 21.9 Å². The summed E-state index contributed by atoms with van der Waals surface area (Å²) in [6, 6.07) is 1.44. The van der Waals surface area contributed by atoms with Crippen LogP contribution in [0.3, 0.4) is 0 Å². The van der Waals surface area contributed by atoms with Crippen LogP contribution in [0.1, 0.15) is 0 Å². The number of hydrogen-bond acceptors (Lipinski definition) is 4. The summed E-state index contributed by atoms with van der Waals surface area (Å²) in [5.41, 5.74) is 0. The van der Waals surface area contributed by atoms with Crippen molar-refractivity contribution < 1.29 is 8.42 Å². The van der Waals surface area contributed by atoms with Crippen LogP contribution >= 0.6 is 27.5 Å². The Hall–Kier alpha value is -0.210. The van der Waals surface area contributed by atoms with Gasteiger partial charge < -0.3 is 5.32 Å². The smallest absolute Gasteiger partial charge is 0.245 e. The predicted octanol–water partition coefficient (Wildman–Crippen LogP) is 1.34. The number of nitrogens with zero attached hydrogens (tertiary/aromatic N) is 2. The third kappa shape index (κ3) is 3.62. The molecule has 0 saturated carbocycles. The number of hydrogen-bond donors (Lipinski definition) is 1. The first-order valence-corrected chi connectivity index (χ1v) is 7.42. The minimum Gasteiger partial charge on any atom is -0.318 e. The molecule has 1 N–H and O–H groups in total. The van der Waals surface area contributed by atoms with Crippen molar-refractivity contribution in [1.82, 2.24) is 14.6 Å². The van der Waals surface area contributed by atoms with Crippen LogP contribution in [0.25, 0.3) is 0 Å². The van der Waals surface area contributed by atoms with Gasteiger partial charge in [-0.25, -0.2) is 13.4 Å². The molecule has 1 rings (SSSR count). The third-order valence-electron chi connectivity index (χ3n) is 2.14. The number of likely N-dealkylation sites (N-methyl/N-ethyl adjacent to an activating group) is 2. The highest BCUT2D eigenvalue weighted by Gasteiger charge is 2.24. The zero-order valence-electron chi connectivity index (χ0n) is 9.44. The van der Waals surface area contributed by atoms with Crippen molar-refractivity contribution in [3.8, 4) is 0 Å². The first-order chi connectivity index (χ1) is 7.89. The molecule has 0 radical (unpaired) electrons. The molecule has 0 saturated heterocycles. The van der Waals surface area contributed by atoms with Gasteiger partial charge in [0.15, 0.2) is 0 Å². The van der Waals surface area contributed by atoms with Gasteiger partial charge in [-0.2, -0.15) is 4.31 Å². The maximum Gasteiger partial charge on any atom is 0.245 e. The van der Waals surface area contributed by atoms with E-state index in [4.69, 9.17) is 11.6 Å². The van der Waals surface area contributed by atoms with Gasteiger partial charge in [-0.1, -0.05) is 11.6 Å². The Bertz CT molecular complexity index is 495. The van der Waals surface area contributed by atoms with E-state index in [1.165, 1.54) is 23.6 Å². The summed E-state index contributed by atoms with van der Waals surface area (Å²) in [4.78, 5) is 3.81. The highest BCUT2D eigenvalue weighted by Crippen LogP contribution is 2.24. The minimum absolute atomic E-state index is 0.00662. The van der Waals surface area contributed by atoms with Gasteiger partial charge in [0.2, 0.25) is 10.0 Å². The van der Waals surface area contributed by atoms with Crippen molar-refractivity contribution in [2.45, 2.75) is 4.90 Å². The van der Waals surface area contributed by atoms with E-state index in [0.717, 1.165) is 0 Å². The minimum atomic E-state index is -3.60. The van der Waals surface area contributed by atoms with E-state index in [1.54, 1.807) is 7.05 Å². The fraction of sp³-hybridized carbons (Fsp3) is 0.444. The number of nitrogens with one attached hydrogen (secondary N) is 1. The molecule has 0 amide bonds. The fourth-order valence-corrected chi connectivity index (χ4v) is 3.23. The standard InChI is InChI=1S/C9H13BrClN3O2S/c1-12-3-4-14(2)17(15,16)8-5-7(10)6-13-9(8)11/h5-6,12H,3-4H2,1-2H3. The number of pyridine rings is 1. The molecule has 0 fully saturated rings. The first kappa shape index (κ1) is 14.8. The van der Waals surface area contributed by atoms with E-state index in [1.807, 2.05) is 0 Å². The van der Waals surface area contributed by atoms with Gasteiger partial charge in [-0.05, 0) is 29.0 Å². The van der Waals surface area contributed by atoms with Gasteiger partial charge in [0, 0.05) is 30.8 Å². The summed E-state index contributed by atoms with van der Waals surface area (Å²) >= 11 is 8.98. The molecule has 0 aromatic carbocycles. The molecule has 0 aliphatic rings. The van der Waals surface area contributed by atoms with Gasteiger partial charge >= 0.3 is 0 Å². The van der Waals surface area contributed by atoms with Gasteiger partial charge in [-0.3, -0.25) is 0 Å². The lowest BCUT2D eigenvalue weighted by atomic mass is 10.5. The zero-order chi connectivity index (χ0) is 13.1. The van der Waals surface area contributed by atoms with E-state index in [9.17, 15) is 8.42 Å². The molecular formula is C9H13BrClN3O2S. The molecule has 0 aliphatic carbocycles. The summed E-state index contributed by atoms with van der Waals surface area (Å²) in [6.07, 6.45) is 1.45. The molecule has 0 aliphatic heterocycles. The van der Waals surface area contributed by atoms with Crippen LogP contribution in [0.15, 0.2) is 21.6 Å². The molecule has 17 heavy (non-hydrogen) atoms. The molecular weight excluding hydrogens is 330 g/mol. The normalized spacial score (nSPS) is 12.1. The van der Waals surface area contributed by atoms with E-state index in [2.05, 4.69) is 26.2 Å². The lowest BCUT2D eigenvalue weighted by Gasteiger charge is -2.17. The summed E-state index contributed by atoms with van der Waals surface area (Å²) < 4.78 is 26.1. The van der Waals surface area contributed by atoms with Crippen LogP contribution in [0.5, 0.6) is 0 Å². The van der Waals surface area contributed by atoms with Gasteiger partial charge in [0.05, 0.1) is 0 Å². The summed E-state index contributed by atoms with van der Waals surface area (Å²) in [6.45, 7) is 0.927. The van der Waals surface area contributed by atoms with Crippen molar-refractivity contribution in [2.75, 3.05) is 27.2 Å². The van der Waals surface area contributed by atoms with E-state index < -0.39 is 10.0 Å². The number of rotatable bonds is 5. The van der Waals surface area contributed by atoms with Crippen molar-refractivity contribution in [3.63, 3.8) is 0 Å². The monoisotopic (exact) mass is 341 g/mol. The zero-order valence-corrected chi connectivity index (χ0v) is 12.6. The molecule has 0 atom stereocenters. The van der Waals surface area contributed by atoms with Gasteiger partial charge in [-0.15, -0.1) is 0 Å². The maximum atomic E-state index is 12.2. The van der Waals surface area contributed by atoms with Gasteiger partial charge in [0.25, 0.3) is 0 Å². The Kier molecular flexibility index (Phi) is 5.33. The molecule has 1 heterocycles. The molecule has 0 bridgehead atoms. The average molecular weight is 343 g/mol. The lowest BCUT2D eigenvalue weighted by molar-refractivity contribution is 0.466. The second-order valence-corrected chi connectivity index (χ2v) is 6.66. The Morgan fingerprint density at radius 3 is 2.82 bits per heavy atom. The van der Waals surface area contributed by atoms with Crippen LogP contribution in [0, 0.1) is 0 Å². The Labute approximate surface area is 114 Å². The van der Waals surface area contributed by atoms with Crippen LogP contribution in [-0.2, 0) is 10.0 Å². The SMILES string of the molecule is CNCCN(C)S(=O)(=O)c1cc(Br)cnc1Cl. The maximum absolute atomic E-state index is 12.2. The highest BCUT2D eigenvalue weighted by atomic mass is 79.9. The second-order valence-electron chi connectivity index (χ2n) is 3.37. The largest absolute Gasteiger partial charge is 0.318 e. The predicted molar refractivity (Wildman–Crippen MR) is 70.7 cm³/mol. The Morgan fingerprint density at radius 1 is 1.59 bits per heavy atom. The molecule has 1 aromatic rings. The number of sulfonamides is 1. The average Bonchev–Trinajstić information content (AvgIpc) is 2.28. The van der Waals surface area contributed by atoms with E-state index in [0.29, 0.717) is 17.6 Å². The van der Waals surface area contributed by atoms with E-state index >= 15 is 0 Å². The van der Waals surface area contributed by atoms with Crippen LogP contribution in [0.2, 0.25) is 5.15 Å². The summed E-state index contributed by atoms with van der Waals surface area (Å²) in [7, 11) is -0.334. The summed E-state index contributed by atoms with van der Waals surface area (Å²) in [5, 5.41) is 2.86. The molecule has 96 valence electrons. The number of halogens is 2. The Morgan fingerprint density at radius 2 is 2.24 bits per heavy atom. The van der Waals surface area contributed by atoms with Crippen LogP contribution in [0.4, 0.5) is 0 Å². The molecule has 0 unspecified atom stereocenters. The lowest BCUT2D eigenvalue weighted by Crippen LogP contribution is -2.33. The number of aromatic nitrogens is 1. The van der Waals surface area contributed by atoms with Crippen molar-refractivity contribution >= 4 is 37.6 Å². The molecule has 5 nitrogen and oxygen atoms in total. The molecule has 8 heteroatoms. The van der Waals surface area contributed by atoms with Crippen molar-refractivity contribution in [2.24, 2.45) is 0 Å². The van der Waals surface area contributed by atoms with E-state index in [-0.39, 0.29) is 10.0 Å².